The molecule has 1 rings (SSSR count). The molecule has 4 heteroatoms. The third-order valence-corrected chi connectivity index (χ3v) is 7.95. The zero-order chi connectivity index (χ0) is 13.3. The molecule has 0 amide bonds. The van der Waals surface area contributed by atoms with Crippen LogP contribution in [-0.2, 0) is 14.0 Å². The standard InChI is InChI=1S/C13H24O3Si/c1-10(14)15-11-7-8-12(9-11)16-17(5,6)13(2,3)4/h8,11H,7,9H2,1-6H3. The number of rotatable bonds is 3. The molecule has 98 valence electrons. The van der Waals surface area contributed by atoms with Crippen LogP contribution in [0, 0.1) is 0 Å². The van der Waals surface area contributed by atoms with Crippen LogP contribution in [0.25, 0.3) is 0 Å². The maximum Gasteiger partial charge on any atom is 0.302 e. The predicted molar refractivity (Wildman–Crippen MR) is 71.2 cm³/mol. The van der Waals surface area contributed by atoms with Gasteiger partial charge in [-0.2, -0.15) is 0 Å². The second-order valence-corrected chi connectivity index (χ2v) is 10.9. The Kier molecular flexibility index (Phi) is 4.07. The lowest BCUT2D eigenvalue weighted by Gasteiger charge is -2.37. The molecule has 0 fully saturated rings. The van der Waals surface area contributed by atoms with Crippen molar-refractivity contribution in [3.63, 3.8) is 0 Å². The van der Waals surface area contributed by atoms with E-state index in [0.29, 0.717) is 0 Å². The van der Waals surface area contributed by atoms with Gasteiger partial charge in [0.1, 0.15) is 6.10 Å². The normalized spacial score (nSPS) is 21.1. The average molecular weight is 256 g/mol. The number of ether oxygens (including phenoxy) is 1. The lowest BCUT2D eigenvalue weighted by atomic mass is 10.2. The second-order valence-electron chi connectivity index (χ2n) is 6.20. The number of hydrogen-bond acceptors (Lipinski definition) is 3. The van der Waals surface area contributed by atoms with E-state index >= 15 is 0 Å². The molecule has 0 saturated heterocycles. The maximum absolute atomic E-state index is 10.9. The topological polar surface area (TPSA) is 35.5 Å². The molecule has 0 aromatic carbocycles. The van der Waals surface area contributed by atoms with E-state index in [9.17, 15) is 4.79 Å². The molecule has 1 aliphatic carbocycles. The molecular weight excluding hydrogens is 232 g/mol. The Morgan fingerprint density at radius 2 is 2.00 bits per heavy atom. The summed E-state index contributed by atoms with van der Waals surface area (Å²) in [5.41, 5.74) is 0. The van der Waals surface area contributed by atoms with E-state index in [4.69, 9.17) is 9.16 Å². The summed E-state index contributed by atoms with van der Waals surface area (Å²) in [6, 6.07) is 0. The van der Waals surface area contributed by atoms with Crippen molar-refractivity contribution in [1.29, 1.82) is 0 Å². The lowest BCUT2D eigenvalue weighted by Crippen LogP contribution is -2.40. The van der Waals surface area contributed by atoms with Gasteiger partial charge in [0.05, 0.1) is 5.76 Å². The molecule has 0 aromatic heterocycles. The molecule has 0 N–H and O–H groups in total. The summed E-state index contributed by atoms with van der Waals surface area (Å²) in [5, 5.41) is 0.202. The van der Waals surface area contributed by atoms with Gasteiger partial charge >= 0.3 is 5.97 Å². The molecule has 0 saturated carbocycles. The van der Waals surface area contributed by atoms with Gasteiger partial charge in [-0.15, -0.1) is 0 Å². The molecular formula is C13H24O3Si. The Bertz CT molecular complexity index is 326. The lowest BCUT2D eigenvalue weighted by molar-refractivity contribution is -0.145. The van der Waals surface area contributed by atoms with Crippen LogP contribution in [0.1, 0.15) is 40.5 Å². The Hall–Kier alpha value is -0.773. The smallest absolute Gasteiger partial charge is 0.302 e. The molecule has 0 heterocycles. The molecule has 1 atom stereocenters. The van der Waals surface area contributed by atoms with Crippen LogP contribution in [-0.4, -0.2) is 20.4 Å². The molecule has 17 heavy (non-hydrogen) atoms. The SMILES string of the molecule is CC(=O)OC1CC=C(O[Si](C)(C)C(C)(C)C)C1. The highest BCUT2D eigenvalue weighted by molar-refractivity contribution is 6.74. The van der Waals surface area contributed by atoms with Crippen molar-refractivity contribution in [2.45, 2.75) is 64.8 Å². The van der Waals surface area contributed by atoms with Crippen LogP contribution < -0.4 is 0 Å². The fraction of sp³-hybridized carbons (Fsp3) is 0.769. The summed E-state index contributed by atoms with van der Waals surface area (Å²) >= 11 is 0. The van der Waals surface area contributed by atoms with E-state index in [-0.39, 0.29) is 17.1 Å². The molecule has 0 aliphatic heterocycles. The summed E-state index contributed by atoms with van der Waals surface area (Å²) in [4.78, 5) is 10.9. The van der Waals surface area contributed by atoms with Crippen LogP contribution in [0.4, 0.5) is 0 Å². The number of hydrogen-bond donors (Lipinski definition) is 0. The van der Waals surface area contributed by atoms with Crippen molar-refractivity contribution < 1.29 is 14.0 Å². The number of carbonyl (C=O) groups is 1. The van der Waals surface area contributed by atoms with Gasteiger partial charge < -0.3 is 9.16 Å². The first kappa shape index (κ1) is 14.3. The molecule has 1 unspecified atom stereocenters. The van der Waals surface area contributed by atoms with Crippen molar-refractivity contribution in [2.75, 3.05) is 0 Å². The zero-order valence-electron chi connectivity index (χ0n) is 11.8. The highest BCUT2D eigenvalue weighted by Crippen LogP contribution is 2.39. The van der Waals surface area contributed by atoms with E-state index in [1.165, 1.54) is 6.92 Å². The molecule has 3 nitrogen and oxygen atoms in total. The minimum Gasteiger partial charge on any atom is -0.547 e. The van der Waals surface area contributed by atoms with E-state index in [1.807, 2.05) is 0 Å². The van der Waals surface area contributed by atoms with Gasteiger partial charge in [0.2, 0.25) is 8.32 Å². The number of carbonyl (C=O) groups excluding carboxylic acids is 1. The van der Waals surface area contributed by atoms with Crippen LogP contribution in [0.3, 0.4) is 0 Å². The molecule has 0 radical (unpaired) electrons. The third-order valence-electron chi connectivity index (χ3n) is 3.56. The highest BCUT2D eigenvalue weighted by Gasteiger charge is 2.40. The fourth-order valence-corrected chi connectivity index (χ4v) is 2.67. The van der Waals surface area contributed by atoms with Crippen molar-refractivity contribution in [3.8, 4) is 0 Å². The molecule has 0 aromatic rings. The Balaban J connectivity index is 2.53. The molecule has 0 bridgehead atoms. The van der Waals surface area contributed by atoms with Gasteiger partial charge in [-0.25, -0.2) is 0 Å². The van der Waals surface area contributed by atoms with E-state index in [0.717, 1.165) is 18.6 Å². The summed E-state index contributed by atoms with van der Waals surface area (Å²) in [6.45, 7) is 12.6. The van der Waals surface area contributed by atoms with E-state index < -0.39 is 8.32 Å². The monoisotopic (exact) mass is 256 g/mol. The van der Waals surface area contributed by atoms with Gasteiger partial charge in [-0.05, 0) is 24.2 Å². The Labute approximate surface area is 105 Å². The van der Waals surface area contributed by atoms with Crippen molar-refractivity contribution in [2.24, 2.45) is 0 Å². The Morgan fingerprint density at radius 1 is 1.41 bits per heavy atom. The highest BCUT2D eigenvalue weighted by atomic mass is 28.4. The largest absolute Gasteiger partial charge is 0.547 e. The first-order valence-corrected chi connectivity index (χ1v) is 9.08. The fourth-order valence-electron chi connectivity index (χ4n) is 1.54. The van der Waals surface area contributed by atoms with Crippen molar-refractivity contribution >= 4 is 14.3 Å². The van der Waals surface area contributed by atoms with Crippen molar-refractivity contribution in [3.05, 3.63) is 11.8 Å². The summed E-state index contributed by atoms with van der Waals surface area (Å²) in [5.74, 6) is 0.791. The van der Waals surface area contributed by atoms with Crippen LogP contribution in [0.5, 0.6) is 0 Å². The minimum atomic E-state index is -1.75. The van der Waals surface area contributed by atoms with Crippen molar-refractivity contribution in [1.82, 2.24) is 0 Å². The van der Waals surface area contributed by atoms with E-state index in [2.05, 4.69) is 39.9 Å². The third kappa shape index (κ3) is 3.87. The summed E-state index contributed by atoms with van der Waals surface area (Å²) in [6.07, 6.45) is 3.55. The maximum atomic E-state index is 10.9. The molecule has 1 aliphatic rings. The van der Waals surface area contributed by atoms with E-state index in [1.54, 1.807) is 0 Å². The van der Waals surface area contributed by atoms with Gasteiger partial charge in [0.15, 0.2) is 0 Å². The number of esters is 1. The molecule has 0 spiro atoms. The average Bonchev–Trinajstić information content (AvgIpc) is 2.48. The first-order chi connectivity index (χ1) is 7.62. The van der Waals surface area contributed by atoms with Gasteiger partial charge in [0, 0.05) is 19.8 Å². The van der Waals surface area contributed by atoms with Gasteiger partial charge in [-0.1, -0.05) is 20.8 Å². The van der Waals surface area contributed by atoms with Gasteiger partial charge in [-0.3, -0.25) is 4.79 Å². The first-order valence-electron chi connectivity index (χ1n) is 6.17. The zero-order valence-corrected chi connectivity index (χ0v) is 12.8. The minimum absolute atomic E-state index is 0.0210. The Morgan fingerprint density at radius 3 is 2.47 bits per heavy atom. The van der Waals surface area contributed by atoms with Crippen LogP contribution >= 0.6 is 0 Å². The summed E-state index contributed by atoms with van der Waals surface area (Å²) in [7, 11) is -1.75. The second kappa shape index (κ2) is 4.84. The van der Waals surface area contributed by atoms with Gasteiger partial charge in [0.25, 0.3) is 0 Å². The predicted octanol–water partition coefficient (Wildman–Crippen LogP) is 3.62. The summed E-state index contributed by atoms with van der Waals surface area (Å²) < 4.78 is 11.4. The quantitative estimate of drug-likeness (QED) is 0.571. The van der Waals surface area contributed by atoms with Crippen LogP contribution in [0.2, 0.25) is 18.1 Å². The van der Waals surface area contributed by atoms with Crippen LogP contribution in [0.15, 0.2) is 11.8 Å².